The van der Waals surface area contributed by atoms with Crippen LogP contribution in [0.2, 0.25) is 5.28 Å². The highest BCUT2D eigenvalue weighted by Gasteiger charge is 2.39. The third-order valence-corrected chi connectivity index (χ3v) is 7.86. The Balaban J connectivity index is 1.63. The molecule has 1 aromatic carbocycles. The maximum Gasteiger partial charge on any atom is 0.416 e. The number of nitrogens with one attached hydrogen (secondary N) is 1. The van der Waals surface area contributed by atoms with E-state index in [1.54, 1.807) is 6.92 Å². The zero-order valence-corrected chi connectivity index (χ0v) is 18.6. The van der Waals surface area contributed by atoms with E-state index in [0.29, 0.717) is 23.2 Å². The van der Waals surface area contributed by atoms with E-state index in [4.69, 9.17) is 22.1 Å². The van der Waals surface area contributed by atoms with Crippen LogP contribution in [0.4, 0.5) is 24.7 Å². The number of anilines is 2. The number of benzene rings is 1. The van der Waals surface area contributed by atoms with E-state index in [-0.39, 0.29) is 43.1 Å². The molecule has 2 aliphatic heterocycles. The minimum absolute atomic E-state index is 0.0220. The highest BCUT2D eigenvalue weighted by molar-refractivity contribution is 7.89. The fraction of sp³-hybridized carbons (Fsp3) is 0.474. The maximum absolute atomic E-state index is 13.2. The lowest BCUT2D eigenvalue weighted by Gasteiger charge is -2.35. The molecule has 1 fully saturated rings. The third-order valence-electron chi connectivity index (χ3n) is 5.54. The van der Waals surface area contributed by atoms with E-state index in [1.165, 1.54) is 10.4 Å². The molecule has 4 rings (SSSR count). The van der Waals surface area contributed by atoms with Gasteiger partial charge < -0.3 is 15.8 Å². The van der Waals surface area contributed by atoms with Crippen molar-refractivity contribution in [3.8, 4) is 0 Å². The molecule has 0 radical (unpaired) electrons. The lowest BCUT2D eigenvalue weighted by Crippen LogP contribution is -2.50. The number of fused-ring (bicyclic) bond motifs is 1. The van der Waals surface area contributed by atoms with Crippen LogP contribution < -0.4 is 11.1 Å². The fourth-order valence-electron chi connectivity index (χ4n) is 3.67. The van der Waals surface area contributed by atoms with E-state index in [9.17, 15) is 21.6 Å². The summed E-state index contributed by atoms with van der Waals surface area (Å²) in [6, 6.07) is 2.69. The average Bonchev–Trinajstić information content (AvgIpc) is 2.64. The molecule has 2 aliphatic rings. The van der Waals surface area contributed by atoms with E-state index in [2.05, 4.69) is 15.3 Å². The van der Waals surface area contributed by atoms with Crippen molar-refractivity contribution in [2.75, 3.05) is 30.8 Å². The number of ether oxygens (including phenoxy) is 1. The molecule has 1 atom stereocenters. The monoisotopic (exact) mass is 491 g/mol. The van der Waals surface area contributed by atoms with Crippen LogP contribution in [-0.4, -0.2) is 47.7 Å². The molecule has 8 nitrogen and oxygen atoms in total. The SMILES string of the molecule is C[C@@H](Nc1nc(Cl)nc2c1CN(S(=O)(=O)C1COC1)CC2)c1cc(N)cc(C(F)(F)F)c1. The second-order valence-electron chi connectivity index (χ2n) is 7.81. The molecule has 13 heteroatoms. The number of hydrogen-bond donors (Lipinski definition) is 2. The van der Waals surface area contributed by atoms with Crippen LogP contribution in [-0.2, 0) is 33.9 Å². The van der Waals surface area contributed by atoms with Gasteiger partial charge in [0.2, 0.25) is 15.3 Å². The molecule has 0 saturated carbocycles. The number of sulfonamides is 1. The van der Waals surface area contributed by atoms with Gasteiger partial charge in [-0.05, 0) is 42.3 Å². The predicted octanol–water partition coefficient (Wildman–Crippen LogP) is 2.99. The Hall–Kier alpha value is -2.15. The lowest BCUT2D eigenvalue weighted by atomic mass is 10.0. The maximum atomic E-state index is 13.2. The van der Waals surface area contributed by atoms with Crippen LogP contribution in [0.25, 0.3) is 0 Å². The molecule has 2 aromatic rings. The highest BCUT2D eigenvalue weighted by atomic mass is 35.5. The first-order valence-electron chi connectivity index (χ1n) is 9.81. The summed E-state index contributed by atoms with van der Waals surface area (Å²) in [5.41, 5.74) is 6.23. The summed E-state index contributed by atoms with van der Waals surface area (Å²) in [5.74, 6) is 0.272. The Morgan fingerprint density at radius 1 is 1.28 bits per heavy atom. The van der Waals surface area contributed by atoms with Crippen LogP contribution in [0.15, 0.2) is 18.2 Å². The van der Waals surface area contributed by atoms with Crippen molar-refractivity contribution in [1.82, 2.24) is 14.3 Å². The van der Waals surface area contributed by atoms with Gasteiger partial charge in [-0.15, -0.1) is 0 Å². The Kier molecular flexibility index (Phi) is 5.99. The summed E-state index contributed by atoms with van der Waals surface area (Å²) in [5, 5.41) is 2.44. The van der Waals surface area contributed by atoms with Crippen molar-refractivity contribution < 1.29 is 26.3 Å². The number of alkyl halides is 3. The van der Waals surface area contributed by atoms with Crippen LogP contribution in [0.5, 0.6) is 0 Å². The number of aromatic nitrogens is 2. The number of halogens is 4. The van der Waals surface area contributed by atoms with Crippen LogP contribution >= 0.6 is 11.6 Å². The summed E-state index contributed by atoms with van der Waals surface area (Å²) in [6.07, 6.45) is -4.20. The molecule has 0 bridgehead atoms. The van der Waals surface area contributed by atoms with Gasteiger partial charge in [0.1, 0.15) is 11.1 Å². The first kappa shape index (κ1) is 23.0. The predicted molar refractivity (Wildman–Crippen MR) is 113 cm³/mol. The fourth-order valence-corrected chi connectivity index (χ4v) is 5.47. The van der Waals surface area contributed by atoms with Gasteiger partial charge >= 0.3 is 6.18 Å². The molecule has 3 heterocycles. The van der Waals surface area contributed by atoms with Crippen LogP contribution in [0.1, 0.15) is 35.3 Å². The smallest absolute Gasteiger partial charge is 0.399 e. The third kappa shape index (κ3) is 4.49. The van der Waals surface area contributed by atoms with Crippen LogP contribution in [0, 0.1) is 0 Å². The summed E-state index contributed by atoms with van der Waals surface area (Å²) in [4.78, 5) is 8.39. The zero-order valence-electron chi connectivity index (χ0n) is 17.0. The standard InChI is InChI=1S/C19H21ClF3N5O3S/c1-10(11-4-12(19(21,22)23)6-13(24)5-11)25-17-15-7-28(32(29,30)14-8-31-9-14)3-2-16(15)26-18(20)27-17/h4-6,10,14H,2-3,7-9,24H2,1H3,(H,25,26,27)/t10-/m1/s1. The van der Waals surface area contributed by atoms with Crippen molar-refractivity contribution in [3.05, 3.63) is 45.9 Å². The van der Waals surface area contributed by atoms with Gasteiger partial charge in [-0.25, -0.2) is 18.4 Å². The summed E-state index contributed by atoms with van der Waals surface area (Å²) < 4.78 is 71.5. The zero-order chi connectivity index (χ0) is 23.3. The Morgan fingerprint density at radius 2 is 2.00 bits per heavy atom. The number of nitrogens with zero attached hydrogens (tertiary/aromatic N) is 3. The summed E-state index contributed by atoms with van der Waals surface area (Å²) >= 11 is 6.05. The van der Waals surface area contributed by atoms with Gasteiger partial charge in [-0.2, -0.15) is 17.5 Å². The van der Waals surface area contributed by atoms with Gasteiger partial charge in [0.15, 0.2) is 0 Å². The molecule has 1 aromatic heterocycles. The molecule has 0 spiro atoms. The van der Waals surface area contributed by atoms with Crippen LogP contribution in [0.3, 0.4) is 0 Å². The number of nitrogens with two attached hydrogens (primary N) is 1. The minimum atomic E-state index is -4.54. The average molecular weight is 492 g/mol. The van der Waals surface area contributed by atoms with Gasteiger partial charge in [0.05, 0.1) is 30.5 Å². The Morgan fingerprint density at radius 3 is 2.62 bits per heavy atom. The number of rotatable bonds is 5. The van der Waals surface area contributed by atoms with Crippen molar-refractivity contribution in [3.63, 3.8) is 0 Å². The molecule has 1 saturated heterocycles. The van der Waals surface area contributed by atoms with E-state index >= 15 is 0 Å². The first-order chi connectivity index (χ1) is 14.9. The minimum Gasteiger partial charge on any atom is -0.399 e. The lowest BCUT2D eigenvalue weighted by molar-refractivity contribution is -0.137. The van der Waals surface area contributed by atoms with Gasteiger partial charge in [-0.1, -0.05) is 0 Å². The Labute approximate surface area is 188 Å². The topological polar surface area (TPSA) is 110 Å². The molecular weight excluding hydrogens is 471 g/mol. The van der Waals surface area contributed by atoms with Crippen molar-refractivity contribution in [2.45, 2.75) is 37.4 Å². The molecule has 3 N–H and O–H groups in total. The molecule has 174 valence electrons. The summed E-state index contributed by atoms with van der Waals surface area (Å²) in [6.45, 7) is 2.24. The number of hydrogen-bond acceptors (Lipinski definition) is 7. The van der Waals surface area contributed by atoms with Gasteiger partial charge in [0, 0.05) is 30.8 Å². The Bertz CT molecular complexity index is 1140. The highest BCUT2D eigenvalue weighted by Crippen LogP contribution is 2.35. The van der Waals surface area contributed by atoms with Crippen molar-refractivity contribution in [1.29, 1.82) is 0 Å². The molecule has 0 aliphatic carbocycles. The quantitative estimate of drug-likeness (QED) is 0.488. The van der Waals surface area contributed by atoms with Gasteiger partial charge in [-0.3, -0.25) is 0 Å². The number of nitrogen functional groups attached to an aromatic ring is 1. The van der Waals surface area contributed by atoms with Crippen molar-refractivity contribution in [2.24, 2.45) is 0 Å². The second-order valence-corrected chi connectivity index (χ2v) is 10.4. The molecule has 0 amide bonds. The normalized spacial score (nSPS) is 18.7. The second kappa shape index (κ2) is 8.32. The molecule has 32 heavy (non-hydrogen) atoms. The molecule has 0 unspecified atom stereocenters. The summed E-state index contributed by atoms with van der Waals surface area (Å²) in [7, 11) is -3.55. The van der Waals surface area contributed by atoms with Gasteiger partial charge in [0.25, 0.3) is 0 Å². The molecular formula is C19H21ClF3N5O3S. The van der Waals surface area contributed by atoms with E-state index in [1.807, 2.05) is 0 Å². The van der Waals surface area contributed by atoms with Crippen molar-refractivity contribution >= 4 is 33.1 Å². The van der Waals surface area contributed by atoms with E-state index in [0.717, 1.165) is 12.1 Å². The largest absolute Gasteiger partial charge is 0.416 e. The first-order valence-corrected chi connectivity index (χ1v) is 11.7. The van der Waals surface area contributed by atoms with E-state index < -0.39 is 33.1 Å².